The van der Waals surface area contributed by atoms with Crippen LogP contribution in [-0.4, -0.2) is 60.9 Å². The molecule has 2 aromatic carbocycles. The van der Waals surface area contributed by atoms with E-state index in [1.807, 2.05) is 55.1 Å². The summed E-state index contributed by atoms with van der Waals surface area (Å²) in [5.41, 5.74) is 4.20. The van der Waals surface area contributed by atoms with E-state index < -0.39 is 0 Å². The minimum atomic E-state index is -0.00877. The maximum absolute atomic E-state index is 12.5. The Bertz CT molecular complexity index is 841. The predicted molar refractivity (Wildman–Crippen MR) is 120 cm³/mol. The number of rotatable bonds is 7. The van der Waals surface area contributed by atoms with E-state index in [4.69, 9.17) is 0 Å². The van der Waals surface area contributed by atoms with Crippen LogP contribution in [-0.2, 0) is 9.59 Å². The second kappa shape index (κ2) is 10.4. The van der Waals surface area contributed by atoms with Crippen molar-refractivity contribution in [3.05, 3.63) is 65.2 Å². The fraction of sp³-hybridized carbons (Fsp3) is 0.417. The lowest BCUT2D eigenvalue weighted by molar-refractivity contribution is -0.132. The summed E-state index contributed by atoms with van der Waals surface area (Å²) in [6.45, 7) is 9.45. The second-order valence-corrected chi connectivity index (χ2v) is 7.99. The zero-order chi connectivity index (χ0) is 21.5. The number of nitrogens with zero attached hydrogens (tertiary/aromatic N) is 2. The quantitative estimate of drug-likeness (QED) is 0.739. The number of aryl methyl sites for hydroxylation is 2. The number of carbonyl (C=O) groups excluding carboxylic acids is 2. The molecule has 1 saturated heterocycles. The molecule has 1 heterocycles. The Kier molecular flexibility index (Phi) is 7.60. The molecule has 1 atom stereocenters. The molecule has 0 radical (unpaired) electrons. The molecule has 1 aliphatic rings. The highest BCUT2D eigenvalue weighted by Gasteiger charge is 2.23. The van der Waals surface area contributed by atoms with Crippen LogP contribution in [0.3, 0.4) is 0 Å². The topological polar surface area (TPSA) is 64.7 Å². The minimum absolute atomic E-state index is 0.00877. The molecule has 2 aromatic rings. The third-order valence-electron chi connectivity index (χ3n) is 5.70. The second-order valence-electron chi connectivity index (χ2n) is 7.99. The van der Waals surface area contributed by atoms with Crippen LogP contribution in [0.25, 0.3) is 0 Å². The molecular weight excluding hydrogens is 376 g/mol. The SMILES string of the molecule is Cc1cccc(C)c1NC(=O)CN1CCN(C(=O)CNC(C)c2ccccc2)CC1. The lowest BCUT2D eigenvalue weighted by Crippen LogP contribution is -2.52. The van der Waals surface area contributed by atoms with Gasteiger partial charge in [-0.05, 0) is 37.5 Å². The Balaban J connectivity index is 1.41. The van der Waals surface area contributed by atoms with Crippen molar-refractivity contribution in [3.63, 3.8) is 0 Å². The highest BCUT2D eigenvalue weighted by atomic mass is 16.2. The first kappa shape index (κ1) is 22.0. The van der Waals surface area contributed by atoms with Gasteiger partial charge in [-0.15, -0.1) is 0 Å². The van der Waals surface area contributed by atoms with Gasteiger partial charge < -0.3 is 15.5 Å². The average Bonchev–Trinajstić information content (AvgIpc) is 2.75. The third kappa shape index (κ3) is 5.90. The Morgan fingerprint density at radius 1 is 0.933 bits per heavy atom. The first-order valence-electron chi connectivity index (χ1n) is 10.6. The van der Waals surface area contributed by atoms with E-state index in [2.05, 4.69) is 34.6 Å². The lowest BCUT2D eigenvalue weighted by Gasteiger charge is -2.34. The maximum atomic E-state index is 12.5. The van der Waals surface area contributed by atoms with Gasteiger partial charge in [0.1, 0.15) is 0 Å². The van der Waals surface area contributed by atoms with Crippen molar-refractivity contribution in [2.75, 3.05) is 44.6 Å². The van der Waals surface area contributed by atoms with Crippen LogP contribution in [0.15, 0.2) is 48.5 Å². The molecule has 160 valence electrons. The van der Waals surface area contributed by atoms with Crippen molar-refractivity contribution in [2.24, 2.45) is 0 Å². The minimum Gasteiger partial charge on any atom is -0.339 e. The van der Waals surface area contributed by atoms with E-state index in [0.717, 1.165) is 16.8 Å². The number of nitrogens with one attached hydrogen (secondary N) is 2. The summed E-state index contributed by atoms with van der Waals surface area (Å²) in [4.78, 5) is 29.0. The molecule has 0 spiro atoms. The first-order chi connectivity index (χ1) is 14.4. The van der Waals surface area contributed by atoms with Crippen LogP contribution in [0.5, 0.6) is 0 Å². The monoisotopic (exact) mass is 408 g/mol. The first-order valence-corrected chi connectivity index (χ1v) is 10.6. The molecule has 0 saturated carbocycles. The van der Waals surface area contributed by atoms with Gasteiger partial charge in [0.25, 0.3) is 0 Å². The molecule has 6 heteroatoms. The summed E-state index contributed by atoms with van der Waals surface area (Å²) in [7, 11) is 0. The van der Waals surface area contributed by atoms with E-state index >= 15 is 0 Å². The van der Waals surface area contributed by atoms with Crippen molar-refractivity contribution < 1.29 is 9.59 Å². The molecule has 0 aromatic heterocycles. The highest BCUT2D eigenvalue weighted by Crippen LogP contribution is 2.19. The van der Waals surface area contributed by atoms with Crippen molar-refractivity contribution in [1.82, 2.24) is 15.1 Å². The van der Waals surface area contributed by atoms with Gasteiger partial charge in [0.05, 0.1) is 13.1 Å². The molecule has 30 heavy (non-hydrogen) atoms. The Hall–Kier alpha value is -2.70. The third-order valence-corrected chi connectivity index (χ3v) is 5.70. The predicted octanol–water partition coefficient (Wildman–Crippen LogP) is 2.74. The maximum Gasteiger partial charge on any atom is 0.238 e. The van der Waals surface area contributed by atoms with Gasteiger partial charge in [-0.1, -0.05) is 48.5 Å². The molecule has 0 bridgehead atoms. The molecule has 0 aliphatic carbocycles. The van der Waals surface area contributed by atoms with Gasteiger partial charge in [0.2, 0.25) is 11.8 Å². The fourth-order valence-electron chi connectivity index (χ4n) is 3.76. The summed E-state index contributed by atoms with van der Waals surface area (Å²) in [5.74, 6) is 0.1000. The van der Waals surface area contributed by atoms with Gasteiger partial charge in [0, 0.05) is 37.9 Å². The van der Waals surface area contributed by atoms with Gasteiger partial charge in [-0.25, -0.2) is 0 Å². The van der Waals surface area contributed by atoms with E-state index in [1.165, 1.54) is 5.56 Å². The van der Waals surface area contributed by atoms with Crippen molar-refractivity contribution in [1.29, 1.82) is 0 Å². The Labute approximate surface area is 179 Å². The molecule has 2 amide bonds. The van der Waals surface area contributed by atoms with Gasteiger partial charge in [-0.3, -0.25) is 14.5 Å². The van der Waals surface area contributed by atoms with Crippen molar-refractivity contribution in [3.8, 4) is 0 Å². The van der Waals surface area contributed by atoms with E-state index in [1.54, 1.807) is 0 Å². The number of anilines is 1. The molecule has 3 rings (SSSR count). The number of piperazine rings is 1. The van der Waals surface area contributed by atoms with Gasteiger partial charge in [-0.2, -0.15) is 0 Å². The number of hydrogen-bond donors (Lipinski definition) is 2. The smallest absolute Gasteiger partial charge is 0.238 e. The molecule has 1 fully saturated rings. The van der Waals surface area contributed by atoms with E-state index in [0.29, 0.717) is 39.3 Å². The average molecular weight is 409 g/mol. The number of carbonyl (C=O) groups is 2. The van der Waals surface area contributed by atoms with Crippen LogP contribution < -0.4 is 10.6 Å². The Morgan fingerprint density at radius 3 is 2.20 bits per heavy atom. The van der Waals surface area contributed by atoms with E-state index in [9.17, 15) is 9.59 Å². The molecule has 2 N–H and O–H groups in total. The van der Waals surface area contributed by atoms with Crippen molar-refractivity contribution >= 4 is 17.5 Å². The fourth-order valence-corrected chi connectivity index (χ4v) is 3.76. The summed E-state index contributed by atoms with van der Waals surface area (Å²) in [6.07, 6.45) is 0. The summed E-state index contributed by atoms with van der Waals surface area (Å²) in [5, 5.41) is 6.35. The highest BCUT2D eigenvalue weighted by molar-refractivity contribution is 5.93. The summed E-state index contributed by atoms with van der Waals surface area (Å²) >= 11 is 0. The van der Waals surface area contributed by atoms with Crippen LogP contribution in [0, 0.1) is 13.8 Å². The van der Waals surface area contributed by atoms with Crippen LogP contribution in [0.2, 0.25) is 0 Å². The lowest BCUT2D eigenvalue weighted by atomic mass is 10.1. The molecule has 6 nitrogen and oxygen atoms in total. The summed E-state index contributed by atoms with van der Waals surface area (Å²) in [6, 6.07) is 16.2. The van der Waals surface area contributed by atoms with Crippen LogP contribution in [0.1, 0.15) is 29.7 Å². The zero-order valence-corrected chi connectivity index (χ0v) is 18.1. The van der Waals surface area contributed by atoms with Crippen LogP contribution >= 0.6 is 0 Å². The number of amides is 2. The van der Waals surface area contributed by atoms with Crippen LogP contribution in [0.4, 0.5) is 5.69 Å². The van der Waals surface area contributed by atoms with Gasteiger partial charge in [0.15, 0.2) is 0 Å². The largest absolute Gasteiger partial charge is 0.339 e. The van der Waals surface area contributed by atoms with Gasteiger partial charge >= 0.3 is 0 Å². The summed E-state index contributed by atoms with van der Waals surface area (Å²) < 4.78 is 0. The molecular formula is C24H32N4O2. The molecule has 1 aliphatic heterocycles. The number of benzene rings is 2. The van der Waals surface area contributed by atoms with Crippen molar-refractivity contribution in [2.45, 2.75) is 26.8 Å². The number of hydrogen-bond acceptors (Lipinski definition) is 4. The normalized spacial score (nSPS) is 15.6. The Morgan fingerprint density at radius 2 is 1.57 bits per heavy atom. The number of para-hydroxylation sites is 1. The van der Waals surface area contributed by atoms with E-state index in [-0.39, 0.29) is 17.9 Å². The zero-order valence-electron chi connectivity index (χ0n) is 18.1. The molecule has 1 unspecified atom stereocenters. The standard InChI is InChI=1S/C24H32N4O2/c1-18-8-7-9-19(2)24(18)26-22(29)17-27-12-14-28(15-13-27)23(30)16-25-20(3)21-10-5-4-6-11-21/h4-11,20,25H,12-17H2,1-3H3,(H,26,29).